The molecule has 1 saturated heterocycles. The lowest BCUT2D eigenvalue weighted by Crippen LogP contribution is -2.53. The van der Waals surface area contributed by atoms with Gasteiger partial charge in [0.15, 0.2) is 16.6 Å². The molecule has 0 atom stereocenters. The van der Waals surface area contributed by atoms with E-state index >= 15 is 0 Å². The van der Waals surface area contributed by atoms with Gasteiger partial charge in [0.25, 0.3) is 11.8 Å². The summed E-state index contributed by atoms with van der Waals surface area (Å²) in [5.74, 6) is -0.0750. The summed E-state index contributed by atoms with van der Waals surface area (Å²) in [6.45, 7) is 7.71. The monoisotopic (exact) mass is 436 g/mol. The van der Waals surface area contributed by atoms with Crippen molar-refractivity contribution < 1.29 is 19.1 Å². The van der Waals surface area contributed by atoms with Gasteiger partial charge in [-0.2, -0.15) is 0 Å². The number of amides is 2. The zero-order valence-corrected chi connectivity index (χ0v) is 16.5. The number of carbonyl (C=O) groups is 2. The van der Waals surface area contributed by atoms with Crippen molar-refractivity contribution in [1.82, 2.24) is 10.2 Å². The van der Waals surface area contributed by atoms with Crippen LogP contribution in [0.2, 0.25) is 0 Å². The first-order chi connectivity index (χ1) is 12.4. The number of methoxy groups -OCH3 is 1. The summed E-state index contributed by atoms with van der Waals surface area (Å²) >= 11 is 8.45. The molecule has 1 fully saturated rings. The number of nitrogens with one attached hydrogen (secondary N) is 1. The molecule has 0 spiro atoms. The van der Waals surface area contributed by atoms with E-state index in [1.54, 1.807) is 18.2 Å². The third-order valence-corrected chi connectivity index (χ3v) is 4.45. The average Bonchev–Trinajstić information content (AvgIpc) is 2.61. The zero-order chi connectivity index (χ0) is 19.3. The minimum Gasteiger partial charge on any atom is -0.493 e. The van der Waals surface area contributed by atoms with E-state index in [1.807, 2.05) is 0 Å². The lowest BCUT2D eigenvalue weighted by Gasteiger charge is -2.27. The van der Waals surface area contributed by atoms with E-state index in [2.05, 4.69) is 34.4 Å². The van der Waals surface area contributed by atoms with Gasteiger partial charge in [0.2, 0.25) is 0 Å². The van der Waals surface area contributed by atoms with Gasteiger partial charge in [0, 0.05) is 11.0 Å². The van der Waals surface area contributed by atoms with Gasteiger partial charge in [0.1, 0.15) is 12.2 Å². The molecule has 2 amide bonds. The van der Waals surface area contributed by atoms with E-state index in [9.17, 15) is 9.59 Å². The maximum absolute atomic E-state index is 12.6. The summed E-state index contributed by atoms with van der Waals surface area (Å²) in [6.07, 6.45) is 4.62. The number of benzene rings is 1. The number of ether oxygens (including phenoxy) is 2. The third kappa shape index (κ3) is 4.20. The van der Waals surface area contributed by atoms with Gasteiger partial charge in [-0.25, -0.2) is 0 Å². The normalized spacial score (nSPS) is 15.7. The van der Waals surface area contributed by atoms with Crippen LogP contribution in [0.1, 0.15) is 5.56 Å². The van der Waals surface area contributed by atoms with Crippen LogP contribution in [-0.4, -0.2) is 42.1 Å². The first-order valence-electron chi connectivity index (χ1n) is 7.54. The largest absolute Gasteiger partial charge is 0.493 e. The Morgan fingerprint density at radius 3 is 2.62 bits per heavy atom. The molecule has 26 heavy (non-hydrogen) atoms. The first kappa shape index (κ1) is 19.9. The van der Waals surface area contributed by atoms with Crippen LogP contribution in [-0.2, 0) is 9.59 Å². The molecule has 1 aromatic rings. The van der Waals surface area contributed by atoms with Crippen molar-refractivity contribution in [1.29, 1.82) is 0 Å². The molecule has 0 bridgehead atoms. The van der Waals surface area contributed by atoms with Crippen molar-refractivity contribution in [2.45, 2.75) is 0 Å². The molecule has 1 aliphatic rings. The molecule has 1 aliphatic heterocycles. The maximum atomic E-state index is 12.6. The summed E-state index contributed by atoms with van der Waals surface area (Å²) in [7, 11) is 1.50. The van der Waals surface area contributed by atoms with Gasteiger partial charge >= 0.3 is 0 Å². The molecule has 6 nitrogen and oxygen atoms in total. The molecular formula is C18H17BrN2O4S. The molecule has 8 heteroatoms. The van der Waals surface area contributed by atoms with E-state index in [1.165, 1.54) is 24.2 Å². The molecule has 0 radical (unpaired) electrons. The van der Waals surface area contributed by atoms with E-state index in [-0.39, 0.29) is 17.2 Å². The average molecular weight is 437 g/mol. The van der Waals surface area contributed by atoms with Crippen LogP contribution in [0.25, 0.3) is 6.08 Å². The highest BCUT2D eigenvalue weighted by Crippen LogP contribution is 2.35. The quantitative estimate of drug-likeness (QED) is 0.308. The summed E-state index contributed by atoms with van der Waals surface area (Å²) in [5, 5.41) is 2.56. The van der Waals surface area contributed by atoms with Crippen molar-refractivity contribution in [3.63, 3.8) is 0 Å². The second kappa shape index (κ2) is 8.77. The van der Waals surface area contributed by atoms with Crippen LogP contribution in [0.15, 0.2) is 47.5 Å². The van der Waals surface area contributed by atoms with Crippen LogP contribution in [0.3, 0.4) is 0 Å². The molecule has 0 aliphatic carbocycles. The van der Waals surface area contributed by atoms with Gasteiger partial charge in [-0.05, 0) is 36.0 Å². The third-order valence-electron chi connectivity index (χ3n) is 3.44. The summed E-state index contributed by atoms with van der Waals surface area (Å²) in [5.41, 5.74) is 0.542. The number of thiocarbonyl (C=S) groups is 1. The van der Waals surface area contributed by atoms with Crippen LogP contribution < -0.4 is 14.8 Å². The molecular weight excluding hydrogens is 420 g/mol. The smallest absolute Gasteiger partial charge is 0.265 e. The van der Waals surface area contributed by atoms with Crippen molar-refractivity contribution in [2.75, 3.05) is 20.3 Å². The first-order valence-corrected chi connectivity index (χ1v) is 8.74. The minimum absolute atomic E-state index is 0.0389. The fourth-order valence-electron chi connectivity index (χ4n) is 2.23. The Balaban J connectivity index is 2.45. The maximum Gasteiger partial charge on any atom is 0.265 e. The summed E-state index contributed by atoms with van der Waals surface area (Å²) in [4.78, 5) is 26.1. The van der Waals surface area contributed by atoms with Crippen LogP contribution in [0, 0.1) is 0 Å². The van der Waals surface area contributed by atoms with Crippen LogP contribution in [0.4, 0.5) is 0 Å². The molecule has 1 heterocycles. The molecule has 136 valence electrons. The van der Waals surface area contributed by atoms with Gasteiger partial charge in [-0.15, -0.1) is 6.58 Å². The molecule has 1 aromatic carbocycles. The van der Waals surface area contributed by atoms with E-state index in [0.29, 0.717) is 28.1 Å². The number of hydrogen-bond acceptors (Lipinski definition) is 5. The fraction of sp³-hybridized carbons (Fsp3) is 0.167. The predicted molar refractivity (Wildman–Crippen MR) is 107 cm³/mol. The second-order valence-electron chi connectivity index (χ2n) is 5.15. The number of rotatable bonds is 7. The Morgan fingerprint density at radius 1 is 1.27 bits per heavy atom. The minimum atomic E-state index is -0.557. The van der Waals surface area contributed by atoms with Crippen molar-refractivity contribution >= 4 is 51.2 Å². The summed E-state index contributed by atoms with van der Waals surface area (Å²) in [6, 6.07) is 3.37. The Kier molecular flexibility index (Phi) is 6.70. The zero-order valence-electron chi connectivity index (χ0n) is 14.1. The molecule has 2 rings (SSSR count). The van der Waals surface area contributed by atoms with Crippen molar-refractivity contribution in [3.05, 3.63) is 53.1 Å². The molecule has 0 aromatic heterocycles. The Bertz CT molecular complexity index is 820. The van der Waals surface area contributed by atoms with Crippen LogP contribution >= 0.6 is 28.1 Å². The molecule has 0 saturated carbocycles. The summed E-state index contributed by atoms with van der Waals surface area (Å²) < 4.78 is 11.5. The number of nitrogens with zero attached hydrogens (tertiary/aromatic N) is 1. The van der Waals surface area contributed by atoms with Crippen LogP contribution in [0.5, 0.6) is 11.5 Å². The van der Waals surface area contributed by atoms with E-state index in [0.717, 1.165) is 0 Å². The molecule has 1 N–H and O–H groups in total. The number of hydrogen-bond donors (Lipinski definition) is 1. The Morgan fingerprint density at radius 2 is 2.00 bits per heavy atom. The molecule has 0 unspecified atom stereocenters. The second-order valence-corrected chi connectivity index (χ2v) is 6.39. The van der Waals surface area contributed by atoms with E-state index in [4.69, 9.17) is 21.7 Å². The Labute approximate surface area is 165 Å². The van der Waals surface area contributed by atoms with Crippen molar-refractivity contribution in [3.8, 4) is 11.5 Å². The van der Waals surface area contributed by atoms with Gasteiger partial charge < -0.3 is 9.47 Å². The Hall–Kier alpha value is -2.45. The van der Waals surface area contributed by atoms with Gasteiger partial charge in [0.05, 0.1) is 7.11 Å². The van der Waals surface area contributed by atoms with Crippen molar-refractivity contribution in [2.24, 2.45) is 0 Å². The lowest BCUT2D eigenvalue weighted by atomic mass is 10.1. The lowest BCUT2D eigenvalue weighted by molar-refractivity contribution is -0.128. The highest BCUT2D eigenvalue weighted by atomic mass is 79.9. The van der Waals surface area contributed by atoms with E-state index < -0.39 is 11.8 Å². The standard InChI is InChI=1S/C18H17BrN2O4S/c1-4-6-21-17(23)12(16(22)20-18(21)26)8-11-9-14(24-3)15(10-13(11)19)25-7-5-2/h4-5,8-10H,1-2,6-7H2,3H3,(H,20,22,26)/b12-8+. The number of halogens is 1. The van der Waals surface area contributed by atoms with Gasteiger partial charge in [-0.3, -0.25) is 19.8 Å². The SMILES string of the molecule is C=CCOc1cc(Br)c(/C=C2\C(=O)NC(=S)N(CC=C)C2=O)cc1OC. The predicted octanol–water partition coefficient (Wildman–Crippen LogP) is 2.84. The fourth-order valence-corrected chi connectivity index (χ4v) is 2.91. The number of carbonyl (C=O) groups excluding carboxylic acids is 2. The topological polar surface area (TPSA) is 67.9 Å². The van der Waals surface area contributed by atoms with Gasteiger partial charge in [-0.1, -0.05) is 34.7 Å². The highest BCUT2D eigenvalue weighted by Gasteiger charge is 2.32. The highest BCUT2D eigenvalue weighted by molar-refractivity contribution is 9.10.